The van der Waals surface area contributed by atoms with E-state index in [9.17, 15) is 9.59 Å². The summed E-state index contributed by atoms with van der Waals surface area (Å²) < 4.78 is 0. The van der Waals surface area contributed by atoms with Crippen LogP contribution in [0.15, 0.2) is 33.9 Å². The summed E-state index contributed by atoms with van der Waals surface area (Å²) in [5, 5.41) is 0. The molecule has 3 N–H and O–H groups in total. The van der Waals surface area contributed by atoms with Crippen LogP contribution in [-0.4, -0.2) is 19.9 Å². The molecule has 0 radical (unpaired) electrons. The van der Waals surface area contributed by atoms with Crippen molar-refractivity contribution in [3.05, 3.63) is 50.7 Å². The summed E-state index contributed by atoms with van der Waals surface area (Å²) in [6.45, 7) is 0. The Hall–Kier alpha value is -2.34. The smallest absolute Gasteiger partial charge is 0.327 e. The summed E-state index contributed by atoms with van der Waals surface area (Å²) in [6, 6.07) is 7.47. The average Bonchev–Trinajstić information content (AvgIpc) is 2.83. The highest BCUT2D eigenvalue weighted by molar-refractivity contribution is 6.17. The van der Waals surface area contributed by atoms with Gasteiger partial charge >= 0.3 is 5.69 Å². The first-order valence-electron chi connectivity index (χ1n) is 5.55. The predicted octanol–water partition coefficient (Wildman–Crippen LogP) is 1.35. The quantitative estimate of drug-likeness (QED) is 0.617. The van der Waals surface area contributed by atoms with E-state index in [0.717, 1.165) is 11.1 Å². The number of benzene rings is 1. The summed E-state index contributed by atoms with van der Waals surface area (Å²) >= 11 is 5.78. The zero-order valence-electron chi connectivity index (χ0n) is 9.66. The van der Waals surface area contributed by atoms with Crippen molar-refractivity contribution in [2.45, 2.75) is 5.88 Å². The van der Waals surface area contributed by atoms with Gasteiger partial charge in [-0.05, 0) is 11.6 Å². The largest absolute Gasteiger partial charge is 0.332 e. The van der Waals surface area contributed by atoms with Crippen LogP contribution in [0.1, 0.15) is 5.56 Å². The molecule has 3 rings (SSSR count). The normalized spacial score (nSPS) is 11.0. The Morgan fingerprint density at radius 1 is 1.16 bits per heavy atom. The zero-order chi connectivity index (χ0) is 13.4. The van der Waals surface area contributed by atoms with Gasteiger partial charge in [-0.15, -0.1) is 11.6 Å². The molecule has 0 aliphatic carbocycles. The van der Waals surface area contributed by atoms with Crippen molar-refractivity contribution < 1.29 is 0 Å². The lowest BCUT2D eigenvalue weighted by molar-refractivity contribution is 1.07. The van der Waals surface area contributed by atoms with Gasteiger partial charge in [0.05, 0.1) is 0 Å². The van der Waals surface area contributed by atoms with Gasteiger partial charge in [-0.2, -0.15) is 0 Å². The second-order valence-corrected chi connectivity index (χ2v) is 4.32. The van der Waals surface area contributed by atoms with E-state index < -0.39 is 11.2 Å². The van der Waals surface area contributed by atoms with E-state index in [4.69, 9.17) is 11.6 Å². The Bertz CT molecular complexity index is 862. The fourth-order valence-corrected chi connectivity index (χ4v) is 2.04. The minimum absolute atomic E-state index is 0.236. The first-order valence-corrected chi connectivity index (χ1v) is 6.08. The van der Waals surface area contributed by atoms with Crippen LogP contribution in [0, 0.1) is 0 Å². The van der Waals surface area contributed by atoms with Gasteiger partial charge in [0.1, 0.15) is 11.3 Å². The van der Waals surface area contributed by atoms with E-state index in [2.05, 4.69) is 19.9 Å². The van der Waals surface area contributed by atoms with E-state index in [0.29, 0.717) is 11.7 Å². The molecule has 1 aromatic carbocycles. The van der Waals surface area contributed by atoms with Gasteiger partial charge in [-0.1, -0.05) is 18.2 Å². The molecule has 7 heteroatoms. The second kappa shape index (κ2) is 4.40. The topological polar surface area (TPSA) is 94.4 Å². The minimum Gasteiger partial charge on any atom is -0.332 e. The Kier molecular flexibility index (Phi) is 2.72. The van der Waals surface area contributed by atoms with Gasteiger partial charge in [0, 0.05) is 11.4 Å². The Morgan fingerprint density at radius 2 is 2.00 bits per heavy atom. The molecule has 0 aliphatic heterocycles. The highest BCUT2D eigenvalue weighted by Gasteiger charge is 2.09. The first-order chi connectivity index (χ1) is 9.17. The van der Waals surface area contributed by atoms with Crippen molar-refractivity contribution in [1.82, 2.24) is 19.9 Å². The summed E-state index contributed by atoms with van der Waals surface area (Å²) in [7, 11) is 0. The molecule has 0 saturated heterocycles. The van der Waals surface area contributed by atoms with Crippen LogP contribution in [0.4, 0.5) is 0 Å². The van der Waals surface area contributed by atoms with Crippen LogP contribution in [0.2, 0.25) is 0 Å². The van der Waals surface area contributed by atoms with E-state index in [1.807, 2.05) is 24.3 Å². The summed E-state index contributed by atoms with van der Waals surface area (Å²) in [6.07, 6.45) is 0. The molecule has 2 heterocycles. The molecule has 96 valence electrons. The maximum absolute atomic E-state index is 11.6. The molecule has 3 aromatic rings. The van der Waals surface area contributed by atoms with Gasteiger partial charge < -0.3 is 4.98 Å². The summed E-state index contributed by atoms with van der Waals surface area (Å²) in [5.41, 5.74) is 1.15. The second-order valence-electron chi connectivity index (χ2n) is 4.05. The van der Waals surface area contributed by atoms with Crippen molar-refractivity contribution in [3.63, 3.8) is 0 Å². The number of nitrogens with zero attached hydrogens (tertiary/aromatic N) is 1. The SMILES string of the molecule is O=c1[nH]c(=O)c2[nH]c(-c3cccc(CCl)c3)nc2[nH]1. The molecule has 0 saturated carbocycles. The lowest BCUT2D eigenvalue weighted by atomic mass is 10.1. The maximum Gasteiger partial charge on any atom is 0.327 e. The van der Waals surface area contributed by atoms with Crippen LogP contribution >= 0.6 is 11.6 Å². The Labute approximate surface area is 111 Å². The third kappa shape index (κ3) is 2.06. The lowest BCUT2D eigenvalue weighted by Gasteiger charge is -1.98. The van der Waals surface area contributed by atoms with E-state index in [-0.39, 0.29) is 11.2 Å². The molecule has 0 aliphatic rings. The standard InChI is InChI=1S/C12H9ClN4O2/c13-5-6-2-1-3-7(4-6)9-14-8-10(15-9)16-12(19)17-11(8)18/h1-4H,5H2,(H3,14,15,16,17,18,19). The third-order valence-electron chi connectivity index (χ3n) is 2.74. The molecule has 0 fully saturated rings. The van der Waals surface area contributed by atoms with Crippen molar-refractivity contribution in [2.75, 3.05) is 0 Å². The predicted molar refractivity (Wildman–Crippen MR) is 72.3 cm³/mol. The fraction of sp³-hybridized carbons (Fsp3) is 0.0833. The van der Waals surface area contributed by atoms with E-state index >= 15 is 0 Å². The molecule has 2 aromatic heterocycles. The summed E-state index contributed by atoms with van der Waals surface area (Å²) in [5.74, 6) is 0.903. The fourth-order valence-electron chi connectivity index (χ4n) is 1.87. The van der Waals surface area contributed by atoms with Gasteiger partial charge in [0.15, 0.2) is 5.65 Å². The molecule has 6 nitrogen and oxygen atoms in total. The lowest BCUT2D eigenvalue weighted by Crippen LogP contribution is -2.21. The summed E-state index contributed by atoms with van der Waals surface area (Å²) in [4.78, 5) is 34.5. The van der Waals surface area contributed by atoms with Crippen molar-refractivity contribution in [2.24, 2.45) is 0 Å². The number of halogens is 1. The molecule has 0 amide bonds. The number of rotatable bonds is 2. The van der Waals surface area contributed by atoms with Crippen LogP contribution in [-0.2, 0) is 5.88 Å². The number of fused-ring (bicyclic) bond motifs is 1. The minimum atomic E-state index is -0.579. The monoisotopic (exact) mass is 276 g/mol. The van der Waals surface area contributed by atoms with Crippen molar-refractivity contribution in [1.29, 1.82) is 0 Å². The highest BCUT2D eigenvalue weighted by Crippen LogP contribution is 2.19. The zero-order valence-corrected chi connectivity index (χ0v) is 10.4. The number of aromatic nitrogens is 4. The van der Waals surface area contributed by atoms with Crippen molar-refractivity contribution in [3.8, 4) is 11.4 Å². The molecule has 19 heavy (non-hydrogen) atoms. The van der Waals surface area contributed by atoms with E-state index in [1.165, 1.54) is 0 Å². The van der Waals surface area contributed by atoms with Gasteiger partial charge in [0.25, 0.3) is 5.56 Å². The van der Waals surface area contributed by atoms with Gasteiger partial charge in [-0.3, -0.25) is 14.8 Å². The number of hydrogen-bond donors (Lipinski definition) is 3. The number of H-pyrrole nitrogens is 3. The first kappa shape index (κ1) is 11.7. The number of imidazole rings is 1. The van der Waals surface area contributed by atoms with Gasteiger partial charge in [-0.25, -0.2) is 9.78 Å². The van der Waals surface area contributed by atoms with Gasteiger partial charge in [0.2, 0.25) is 0 Å². The number of aromatic amines is 3. The van der Waals surface area contributed by atoms with Crippen LogP contribution in [0.25, 0.3) is 22.6 Å². The highest BCUT2D eigenvalue weighted by atomic mass is 35.5. The third-order valence-corrected chi connectivity index (χ3v) is 3.05. The molecular weight excluding hydrogens is 268 g/mol. The van der Waals surface area contributed by atoms with E-state index in [1.54, 1.807) is 0 Å². The average molecular weight is 277 g/mol. The van der Waals surface area contributed by atoms with Crippen LogP contribution in [0.3, 0.4) is 0 Å². The van der Waals surface area contributed by atoms with Crippen LogP contribution in [0.5, 0.6) is 0 Å². The molecule has 0 unspecified atom stereocenters. The number of nitrogens with one attached hydrogen (secondary N) is 3. The molecule has 0 atom stereocenters. The van der Waals surface area contributed by atoms with Crippen LogP contribution < -0.4 is 11.2 Å². The Morgan fingerprint density at radius 3 is 2.79 bits per heavy atom. The maximum atomic E-state index is 11.6. The number of hydrogen-bond acceptors (Lipinski definition) is 3. The molecule has 0 bridgehead atoms. The number of alkyl halides is 1. The molecular formula is C12H9ClN4O2. The van der Waals surface area contributed by atoms with Crippen molar-refractivity contribution >= 4 is 22.8 Å². The Balaban J connectivity index is 2.23. The molecule has 0 spiro atoms.